The minimum Gasteiger partial charge on any atom is -0.359 e. The van der Waals surface area contributed by atoms with Crippen LogP contribution in [0.1, 0.15) is 18.4 Å². The SMILES string of the molecule is O=C(NC1CC1)[C@H]1O[C@@H]1Cc1ccccc1. The number of rotatable bonds is 4. The highest BCUT2D eigenvalue weighted by molar-refractivity contribution is 5.84. The van der Waals surface area contributed by atoms with E-state index >= 15 is 0 Å². The molecule has 2 aliphatic rings. The maximum absolute atomic E-state index is 11.6. The first-order valence-electron chi connectivity index (χ1n) is 5.83. The summed E-state index contributed by atoms with van der Waals surface area (Å²) in [6.07, 6.45) is 2.97. The molecule has 84 valence electrons. The molecule has 1 aromatic carbocycles. The van der Waals surface area contributed by atoms with Gasteiger partial charge in [0, 0.05) is 12.5 Å². The van der Waals surface area contributed by atoms with E-state index in [9.17, 15) is 4.79 Å². The molecule has 2 atom stereocenters. The molecule has 1 saturated carbocycles. The first-order chi connectivity index (χ1) is 7.83. The highest BCUT2D eigenvalue weighted by Crippen LogP contribution is 2.28. The largest absolute Gasteiger partial charge is 0.359 e. The lowest BCUT2D eigenvalue weighted by molar-refractivity contribution is -0.122. The van der Waals surface area contributed by atoms with E-state index in [1.54, 1.807) is 0 Å². The van der Waals surface area contributed by atoms with Gasteiger partial charge in [-0.2, -0.15) is 0 Å². The van der Waals surface area contributed by atoms with Gasteiger partial charge in [-0.25, -0.2) is 0 Å². The molecule has 1 aliphatic heterocycles. The second-order valence-corrected chi connectivity index (χ2v) is 4.57. The zero-order chi connectivity index (χ0) is 11.0. The van der Waals surface area contributed by atoms with Gasteiger partial charge in [0.05, 0.1) is 6.10 Å². The van der Waals surface area contributed by atoms with E-state index in [4.69, 9.17) is 4.74 Å². The maximum atomic E-state index is 11.6. The van der Waals surface area contributed by atoms with Crippen molar-refractivity contribution in [1.29, 1.82) is 0 Å². The summed E-state index contributed by atoms with van der Waals surface area (Å²) in [5, 5.41) is 2.97. The molecule has 3 rings (SSSR count). The Morgan fingerprint density at radius 3 is 2.75 bits per heavy atom. The molecule has 1 amide bonds. The maximum Gasteiger partial charge on any atom is 0.252 e. The molecule has 1 aliphatic carbocycles. The Bertz CT molecular complexity index is 386. The van der Waals surface area contributed by atoms with Crippen LogP contribution in [0.2, 0.25) is 0 Å². The first-order valence-corrected chi connectivity index (χ1v) is 5.83. The monoisotopic (exact) mass is 217 g/mol. The molecule has 2 fully saturated rings. The first kappa shape index (κ1) is 9.85. The summed E-state index contributed by atoms with van der Waals surface area (Å²) < 4.78 is 5.40. The highest BCUT2D eigenvalue weighted by atomic mass is 16.6. The summed E-state index contributed by atoms with van der Waals surface area (Å²) in [6, 6.07) is 10.6. The second-order valence-electron chi connectivity index (χ2n) is 4.57. The molecular weight excluding hydrogens is 202 g/mol. The minimum absolute atomic E-state index is 0.0726. The molecule has 1 heterocycles. The lowest BCUT2D eigenvalue weighted by Crippen LogP contribution is -2.31. The third-order valence-electron chi connectivity index (χ3n) is 3.04. The van der Waals surface area contributed by atoms with Crippen LogP contribution >= 0.6 is 0 Å². The zero-order valence-corrected chi connectivity index (χ0v) is 9.06. The number of hydrogen-bond acceptors (Lipinski definition) is 2. The van der Waals surface area contributed by atoms with E-state index in [1.807, 2.05) is 18.2 Å². The van der Waals surface area contributed by atoms with Gasteiger partial charge in [-0.1, -0.05) is 30.3 Å². The Balaban J connectivity index is 1.50. The highest BCUT2D eigenvalue weighted by Gasteiger charge is 2.45. The number of hydrogen-bond donors (Lipinski definition) is 1. The number of carbonyl (C=O) groups excluding carboxylic acids is 1. The molecule has 16 heavy (non-hydrogen) atoms. The van der Waals surface area contributed by atoms with Crippen LogP contribution in [-0.2, 0) is 16.0 Å². The van der Waals surface area contributed by atoms with Crippen molar-refractivity contribution in [3.05, 3.63) is 35.9 Å². The van der Waals surface area contributed by atoms with Crippen molar-refractivity contribution in [2.75, 3.05) is 0 Å². The number of amides is 1. The number of epoxide rings is 1. The third-order valence-corrected chi connectivity index (χ3v) is 3.04. The molecule has 3 nitrogen and oxygen atoms in total. The minimum atomic E-state index is -0.208. The molecule has 0 spiro atoms. The standard InChI is InChI=1S/C13H15NO2/c15-13(14-10-6-7-10)12-11(16-12)8-9-4-2-1-3-5-9/h1-5,10-12H,6-8H2,(H,14,15)/t11-,12+/m1/s1. The summed E-state index contributed by atoms with van der Waals surface area (Å²) >= 11 is 0. The number of nitrogens with one attached hydrogen (secondary N) is 1. The number of carbonyl (C=O) groups is 1. The Morgan fingerprint density at radius 2 is 2.06 bits per heavy atom. The zero-order valence-electron chi connectivity index (χ0n) is 9.06. The van der Waals surface area contributed by atoms with Crippen LogP contribution < -0.4 is 5.32 Å². The van der Waals surface area contributed by atoms with E-state index in [0.717, 1.165) is 19.3 Å². The van der Waals surface area contributed by atoms with Crippen molar-refractivity contribution in [2.24, 2.45) is 0 Å². The van der Waals surface area contributed by atoms with Crippen LogP contribution in [-0.4, -0.2) is 24.2 Å². The summed E-state index contributed by atoms with van der Waals surface area (Å²) in [7, 11) is 0. The van der Waals surface area contributed by atoms with Gasteiger partial charge < -0.3 is 10.1 Å². The van der Waals surface area contributed by atoms with Gasteiger partial charge in [0.15, 0.2) is 6.10 Å². The Kier molecular flexibility index (Phi) is 2.40. The molecule has 0 bridgehead atoms. The van der Waals surface area contributed by atoms with Gasteiger partial charge >= 0.3 is 0 Å². The predicted molar refractivity (Wildman–Crippen MR) is 60.0 cm³/mol. The van der Waals surface area contributed by atoms with Gasteiger partial charge in [0.1, 0.15) is 0 Å². The molecule has 1 N–H and O–H groups in total. The Labute approximate surface area is 94.8 Å². The summed E-state index contributed by atoms with van der Waals surface area (Å²) in [4.78, 5) is 11.6. The van der Waals surface area contributed by atoms with Crippen LogP contribution in [0, 0.1) is 0 Å². The second kappa shape index (κ2) is 3.91. The van der Waals surface area contributed by atoms with Crippen LogP contribution in [0.5, 0.6) is 0 Å². The van der Waals surface area contributed by atoms with Gasteiger partial charge in [-0.05, 0) is 18.4 Å². The third kappa shape index (κ3) is 2.25. The fourth-order valence-corrected chi connectivity index (χ4v) is 1.89. The molecule has 1 aromatic rings. The predicted octanol–water partition coefficient (Wildman–Crippen LogP) is 1.28. The lowest BCUT2D eigenvalue weighted by atomic mass is 10.1. The van der Waals surface area contributed by atoms with Gasteiger partial charge in [0.2, 0.25) is 0 Å². The van der Waals surface area contributed by atoms with E-state index in [1.165, 1.54) is 5.56 Å². The van der Waals surface area contributed by atoms with Gasteiger partial charge in [-0.15, -0.1) is 0 Å². The number of benzene rings is 1. The quantitative estimate of drug-likeness (QED) is 0.772. The number of ether oxygens (including phenoxy) is 1. The van der Waals surface area contributed by atoms with Crippen molar-refractivity contribution in [3.8, 4) is 0 Å². The molecule has 1 saturated heterocycles. The topological polar surface area (TPSA) is 41.6 Å². The molecule has 0 unspecified atom stereocenters. The summed E-state index contributed by atoms with van der Waals surface area (Å²) in [5.41, 5.74) is 1.23. The molecule has 3 heteroatoms. The van der Waals surface area contributed by atoms with E-state index < -0.39 is 0 Å². The van der Waals surface area contributed by atoms with Crippen LogP contribution in [0.3, 0.4) is 0 Å². The van der Waals surface area contributed by atoms with Gasteiger partial charge in [-0.3, -0.25) is 4.79 Å². The molecule has 0 aromatic heterocycles. The Hall–Kier alpha value is -1.35. The fourth-order valence-electron chi connectivity index (χ4n) is 1.89. The van der Waals surface area contributed by atoms with Crippen molar-refractivity contribution in [1.82, 2.24) is 5.32 Å². The smallest absolute Gasteiger partial charge is 0.252 e. The van der Waals surface area contributed by atoms with Gasteiger partial charge in [0.25, 0.3) is 5.91 Å². The molecule has 0 radical (unpaired) electrons. The van der Waals surface area contributed by atoms with Crippen LogP contribution in [0.25, 0.3) is 0 Å². The van der Waals surface area contributed by atoms with Crippen molar-refractivity contribution in [2.45, 2.75) is 37.5 Å². The van der Waals surface area contributed by atoms with E-state index in [2.05, 4.69) is 17.4 Å². The average molecular weight is 217 g/mol. The Morgan fingerprint density at radius 1 is 1.31 bits per heavy atom. The average Bonchev–Trinajstić information content (AvgIpc) is 3.15. The normalized spacial score (nSPS) is 27.5. The van der Waals surface area contributed by atoms with Crippen LogP contribution in [0.4, 0.5) is 0 Å². The van der Waals surface area contributed by atoms with Crippen molar-refractivity contribution < 1.29 is 9.53 Å². The molecular formula is C13H15NO2. The fraction of sp³-hybridized carbons (Fsp3) is 0.462. The van der Waals surface area contributed by atoms with Crippen molar-refractivity contribution >= 4 is 5.91 Å². The summed E-state index contributed by atoms with van der Waals surface area (Å²) in [6.45, 7) is 0. The van der Waals surface area contributed by atoms with Crippen molar-refractivity contribution in [3.63, 3.8) is 0 Å². The van der Waals surface area contributed by atoms with Crippen LogP contribution in [0.15, 0.2) is 30.3 Å². The van der Waals surface area contributed by atoms with E-state index in [0.29, 0.717) is 6.04 Å². The van der Waals surface area contributed by atoms with E-state index in [-0.39, 0.29) is 18.1 Å². The summed E-state index contributed by atoms with van der Waals surface area (Å²) in [5.74, 6) is 0.0726. The lowest BCUT2D eigenvalue weighted by Gasteiger charge is -1.99.